The number of nitrogens with one attached hydrogen (secondary N) is 1. The standard InChI is InChI=1S/C17H14F6N4O/c18-16(19,20)10-6-9(10)15(28)25-11-2-4-27-13(11)7-12(26-27)8-1-3-24-14(5-8)17(21,22)23/h1,3,5,7,9-11H,2,4,6H2,(H,25,28)/t9-,10+,11?/m1/s1. The zero-order valence-electron chi connectivity index (χ0n) is 14.2. The Labute approximate surface area is 154 Å². The maximum absolute atomic E-state index is 12.8. The summed E-state index contributed by atoms with van der Waals surface area (Å²) < 4.78 is 77.9. The number of fused-ring (bicyclic) bond motifs is 1. The summed E-state index contributed by atoms with van der Waals surface area (Å²) in [5.74, 6) is -3.34. The molecule has 0 spiro atoms. The Morgan fingerprint density at radius 1 is 1.18 bits per heavy atom. The molecule has 3 heterocycles. The highest BCUT2D eigenvalue weighted by molar-refractivity contribution is 5.82. The fraction of sp³-hybridized carbons (Fsp3) is 0.471. The quantitative estimate of drug-likeness (QED) is 0.794. The van der Waals surface area contributed by atoms with Crippen molar-refractivity contribution in [2.45, 2.75) is 37.8 Å². The average Bonchev–Trinajstić information content (AvgIpc) is 3.20. The Hall–Kier alpha value is -2.59. The van der Waals surface area contributed by atoms with Gasteiger partial charge in [0.2, 0.25) is 5.91 Å². The van der Waals surface area contributed by atoms with Crippen molar-refractivity contribution in [1.29, 1.82) is 0 Å². The second-order valence-corrected chi connectivity index (χ2v) is 6.95. The molecular formula is C17H14F6N4O. The summed E-state index contributed by atoms with van der Waals surface area (Å²) in [7, 11) is 0. The molecule has 28 heavy (non-hydrogen) atoms. The van der Waals surface area contributed by atoms with Gasteiger partial charge in [-0.05, 0) is 31.0 Å². The summed E-state index contributed by atoms with van der Waals surface area (Å²) in [4.78, 5) is 15.4. The van der Waals surface area contributed by atoms with E-state index >= 15 is 0 Å². The molecular weight excluding hydrogens is 390 g/mol. The molecule has 1 aliphatic heterocycles. The van der Waals surface area contributed by atoms with Gasteiger partial charge < -0.3 is 5.32 Å². The van der Waals surface area contributed by atoms with E-state index in [1.807, 2.05) is 0 Å². The minimum Gasteiger partial charge on any atom is -0.347 e. The van der Waals surface area contributed by atoms with Crippen molar-refractivity contribution in [2.24, 2.45) is 11.8 Å². The van der Waals surface area contributed by atoms with E-state index in [0.29, 0.717) is 18.7 Å². The molecule has 1 saturated carbocycles. The Morgan fingerprint density at radius 2 is 1.93 bits per heavy atom. The van der Waals surface area contributed by atoms with Crippen LogP contribution in [0.15, 0.2) is 24.4 Å². The molecule has 5 nitrogen and oxygen atoms in total. The lowest BCUT2D eigenvalue weighted by molar-refractivity contribution is -0.155. The van der Waals surface area contributed by atoms with Gasteiger partial charge in [0, 0.05) is 18.3 Å². The molecule has 1 amide bonds. The monoisotopic (exact) mass is 404 g/mol. The molecule has 2 aromatic heterocycles. The lowest BCUT2D eigenvalue weighted by Crippen LogP contribution is -2.30. The first-order chi connectivity index (χ1) is 13.0. The number of alkyl halides is 6. The number of rotatable bonds is 3. The van der Waals surface area contributed by atoms with Crippen LogP contribution in [0.5, 0.6) is 0 Å². The summed E-state index contributed by atoms with van der Waals surface area (Å²) in [6.45, 7) is 0.408. The van der Waals surface area contributed by atoms with Crippen LogP contribution in [-0.4, -0.2) is 26.8 Å². The van der Waals surface area contributed by atoms with Gasteiger partial charge in [-0.1, -0.05) is 0 Å². The highest BCUT2D eigenvalue weighted by Gasteiger charge is 2.59. The largest absolute Gasteiger partial charge is 0.433 e. The SMILES string of the molecule is O=C(NC1CCn2nc(-c3ccnc(C(F)(F)F)c3)cc21)[C@@H]1C[C@@H]1C(F)(F)F. The predicted molar refractivity (Wildman–Crippen MR) is 83.6 cm³/mol. The number of hydrogen-bond acceptors (Lipinski definition) is 3. The average molecular weight is 404 g/mol. The first kappa shape index (κ1) is 18.8. The van der Waals surface area contributed by atoms with Crippen LogP contribution in [0, 0.1) is 11.8 Å². The summed E-state index contributed by atoms with van der Waals surface area (Å²) in [6.07, 6.45) is -7.70. The normalized spacial score (nSPS) is 24.1. The van der Waals surface area contributed by atoms with Gasteiger partial charge in [-0.2, -0.15) is 31.4 Å². The Morgan fingerprint density at radius 3 is 2.57 bits per heavy atom. The zero-order valence-corrected chi connectivity index (χ0v) is 14.2. The van der Waals surface area contributed by atoms with Crippen LogP contribution < -0.4 is 5.32 Å². The zero-order chi connectivity index (χ0) is 20.3. The molecule has 0 bridgehead atoms. The van der Waals surface area contributed by atoms with Crippen LogP contribution in [0.3, 0.4) is 0 Å². The molecule has 0 aromatic carbocycles. The number of carbonyl (C=O) groups is 1. The van der Waals surface area contributed by atoms with Gasteiger partial charge in [0.25, 0.3) is 0 Å². The summed E-state index contributed by atoms with van der Waals surface area (Å²) in [5.41, 5.74) is 0.00272. The van der Waals surface area contributed by atoms with Gasteiger partial charge in [0.05, 0.1) is 29.3 Å². The highest BCUT2D eigenvalue weighted by Crippen LogP contribution is 2.50. The van der Waals surface area contributed by atoms with Crippen molar-refractivity contribution in [3.8, 4) is 11.3 Å². The van der Waals surface area contributed by atoms with Gasteiger partial charge in [-0.3, -0.25) is 14.5 Å². The van der Waals surface area contributed by atoms with Gasteiger partial charge in [0.1, 0.15) is 5.69 Å². The summed E-state index contributed by atoms with van der Waals surface area (Å²) in [5, 5.41) is 6.85. The van der Waals surface area contributed by atoms with E-state index in [2.05, 4.69) is 15.4 Å². The Bertz CT molecular complexity index is 919. The molecule has 2 aliphatic rings. The molecule has 1 fully saturated rings. The van der Waals surface area contributed by atoms with Crippen LogP contribution in [0.4, 0.5) is 26.3 Å². The van der Waals surface area contributed by atoms with Crippen molar-refractivity contribution in [2.75, 3.05) is 0 Å². The topological polar surface area (TPSA) is 59.8 Å². The Balaban J connectivity index is 1.50. The molecule has 11 heteroatoms. The molecule has 0 saturated heterocycles. The molecule has 3 atom stereocenters. The van der Waals surface area contributed by atoms with Gasteiger partial charge in [0.15, 0.2) is 0 Å². The van der Waals surface area contributed by atoms with E-state index < -0.39 is 41.8 Å². The molecule has 0 radical (unpaired) electrons. The number of carbonyl (C=O) groups excluding carboxylic acids is 1. The van der Waals surface area contributed by atoms with Crippen molar-refractivity contribution in [3.63, 3.8) is 0 Å². The summed E-state index contributed by atoms with van der Waals surface area (Å²) in [6, 6.07) is 3.29. The van der Waals surface area contributed by atoms with Crippen molar-refractivity contribution < 1.29 is 31.1 Å². The third-order valence-electron chi connectivity index (χ3n) is 5.01. The molecule has 2 aromatic rings. The van der Waals surface area contributed by atoms with Crippen LogP contribution >= 0.6 is 0 Å². The third-order valence-corrected chi connectivity index (χ3v) is 5.01. The number of aryl methyl sites for hydroxylation is 1. The molecule has 150 valence electrons. The minimum atomic E-state index is -4.59. The molecule has 4 rings (SSSR count). The Kier molecular flexibility index (Phi) is 4.16. The smallest absolute Gasteiger partial charge is 0.347 e. The van der Waals surface area contributed by atoms with Crippen LogP contribution in [0.1, 0.15) is 30.3 Å². The van der Waals surface area contributed by atoms with Crippen molar-refractivity contribution in [3.05, 3.63) is 35.8 Å². The lowest BCUT2D eigenvalue weighted by atomic mass is 10.1. The fourth-order valence-corrected chi connectivity index (χ4v) is 3.45. The van der Waals surface area contributed by atoms with E-state index in [-0.39, 0.29) is 17.7 Å². The van der Waals surface area contributed by atoms with Crippen LogP contribution in [0.25, 0.3) is 11.3 Å². The molecule has 1 N–H and O–H groups in total. The van der Waals surface area contributed by atoms with Gasteiger partial charge in [-0.25, -0.2) is 0 Å². The van der Waals surface area contributed by atoms with Gasteiger partial charge >= 0.3 is 12.4 Å². The number of aromatic nitrogens is 3. The van der Waals surface area contributed by atoms with E-state index in [9.17, 15) is 31.1 Å². The number of pyridine rings is 1. The van der Waals surface area contributed by atoms with Crippen LogP contribution in [-0.2, 0) is 17.5 Å². The maximum Gasteiger partial charge on any atom is 0.433 e. The first-order valence-corrected chi connectivity index (χ1v) is 8.52. The van der Waals surface area contributed by atoms with E-state index in [1.165, 1.54) is 6.07 Å². The maximum atomic E-state index is 12.8. The predicted octanol–water partition coefficient (Wildman–Crippen LogP) is 3.72. The summed E-state index contributed by atoms with van der Waals surface area (Å²) >= 11 is 0. The number of nitrogens with zero attached hydrogens (tertiary/aromatic N) is 3. The molecule has 1 aliphatic carbocycles. The van der Waals surface area contributed by atoms with Crippen LogP contribution in [0.2, 0.25) is 0 Å². The van der Waals surface area contributed by atoms with Crippen molar-refractivity contribution in [1.82, 2.24) is 20.1 Å². The minimum absolute atomic E-state index is 0.216. The fourth-order valence-electron chi connectivity index (χ4n) is 3.45. The third kappa shape index (κ3) is 3.45. The number of hydrogen-bond donors (Lipinski definition) is 1. The van der Waals surface area contributed by atoms with Gasteiger partial charge in [-0.15, -0.1) is 0 Å². The van der Waals surface area contributed by atoms with E-state index in [4.69, 9.17) is 0 Å². The first-order valence-electron chi connectivity index (χ1n) is 8.52. The van der Waals surface area contributed by atoms with E-state index in [0.717, 1.165) is 12.3 Å². The lowest BCUT2D eigenvalue weighted by Gasteiger charge is -2.12. The second kappa shape index (κ2) is 6.21. The number of halogens is 6. The number of amides is 1. The highest BCUT2D eigenvalue weighted by atomic mass is 19.4. The molecule has 1 unspecified atom stereocenters. The second-order valence-electron chi connectivity index (χ2n) is 6.95. The van der Waals surface area contributed by atoms with E-state index in [1.54, 1.807) is 10.7 Å². The van der Waals surface area contributed by atoms with Crippen molar-refractivity contribution >= 4 is 5.91 Å².